The standard InChI is InChI=1S/C12H15N3O3S/c1-2-19(17,18)6-5-13-12(16)9-3-4-10-11(7-9)15-8-14-10/h3-4,7-8H,2,5-6H2,1H3,(H,13,16)(H,14,15). The molecule has 0 atom stereocenters. The van der Waals surface area contributed by atoms with E-state index < -0.39 is 9.84 Å². The number of hydrogen-bond acceptors (Lipinski definition) is 4. The topological polar surface area (TPSA) is 91.9 Å². The van der Waals surface area contributed by atoms with Gasteiger partial charge in [0.2, 0.25) is 0 Å². The molecule has 0 unspecified atom stereocenters. The van der Waals surface area contributed by atoms with Gasteiger partial charge >= 0.3 is 0 Å². The lowest BCUT2D eigenvalue weighted by atomic mass is 10.2. The summed E-state index contributed by atoms with van der Waals surface area (Å²) >= 11 is 0. The van der Waals surface area contributed by atoms with Gasteiger partial charge in [0.1, 0.15) is 0 Å². The van der Waals surface area contributed by atoms with E-state index in [4.69, 9.17) is 0 Å². The summed E-state index contributed by atoms with van der Waals surface area (Å²) in [5.41, 5.74) is 2.03. The first-order chi connectivity index (χ1) is 9.02. The van der Waals surface area contributed by atoms with Crippen LogP contribution in [0.3, 0.4) is 0 Å². The number of aromatic nitrogens is 2. The van der Waals surface area contributed by atoms with Gasteiger partial charge in [-0.2, -0.15) is 0 Å². The molecule has 6 nitrogen and oxygen atoms in total. The van der Waals surface area contributed by atoms with E-state index in [1.807, 2.05) is 0 Å². The Balaban J connectivity index is 2.00. The largest absolute Gasteiger partial charge is 0.351 e. The van der Waals surface area contributed by atoms with Gasteiger partial charge in [-0.15, -0.1) is 0 Å². The van der Waals surface area contributed by atoms with E-state index in [-0.39, 0.29) is 24.0 Å². The number of carbonyl (C=O) groups is 1. The number of benzene rings is 1. The minimum absolute atomic E-state index is 0.0401. The molecular formula is C12H15N3O3S. The van der Waals surface area contributed by atoms with Crippen LogP contribution in [0.25, 0.3) is 11.0 Å². The predicted octanol–water partition coefficient (Wildman–Crippen LogP) is 0.727. The number of imidazole rings is 1. The summed E-state index contributed by atoms with van der Waals surface area (Å²) in [6.07, 6.45) is 1.56. The smallest absolute Gasteiger partial charge is 0.251 e. The lowest BCUT2D eigenvalue weighted by Gasteiger charge is -2.05. The Morgan fingerprint density at radius 1 is 1.42 bits per heavy atom. The summed E-state index contributed by atoms with van der Waals surface area (Å²) < 4.78 is 22.6. The van der Waals surface area contributed by atoms with Crippen molar-refractivity contribution in [1.29, 1.82) is 0 Å². The van der Waals surface area contributed by atoms with Crippen LogP contribution in [-0.4, -0.2) is 42.3 Å². The van der Waals surface area contributed by atoms with Crippen molar-refractivity contribution in [3.05, 3.63) is 30.1 Å². The van der Waals surface area contributed by atoms with Gasteiger partial charge < -0.3 is 10.3 Å². The highest BCUT2D eigenvalue weighted by molar-refractivity contribution is 7.91. The van der Waals surface area contributed by atoms with Crippen molar-refractivity contribution in [2.75, 3.05) is 18.1 Å². The fourth-order valence-electron chi connectivity index (χ4n) is 1.64. The highest BCUT2D eigenvalue weighted by Gasteiger charge is 2.10. The second-order valence-corrected chi connectivity index (χ2v) is 6.60. The first-order valence-electron chi connectivity index (χ1n) is 5.93. The molecule has 0 aliphatic carbocycles. The van der Waals surface area contributed by atoms with E-state index in [0.29, 0.717) is 5.56 Å². The van der Waals surface area contributed by atoms with Crippen LogP contribution in [0, 0.1) is 0 Å². The van der Waals surface area contributed by atoms with Crippen LogP contribution >= 0.6 is 0 Å². The lowest BCUT2D eigenvalue weighted by Crippen LogP contribution is -2.29. The number of rotatable bonds is 5. The Morgan fingerprint density at radius 3 is 2.95 bits per heavy atom. The van der Waals surface area contributed by atoms with Gasteiger partial charge in [-0.25, -0.2) is 13.4 Å². The number of H-pyrrole nitrogens is 1. The molecular weight excluding hydrogens is 266 g/mol. The van der Waals surface area contributed by atoms with E-state index in [1.165, 1.54) is 0 Å². The zero-order valence-corrected chi connectivity index (χ0v) is 11.3. The molecule has 2 rings (SSSR count). The molecule has 0 saturated carbocycles. The van der Waals surface area contributed by atoms with Crippen molar-refractivity contribution >= 4 is 26.8 Å². The maximum Gasteiger partial charge on any atom is 0.251 e. The van der Waals surface area contributed by atoms with Crippen LogP contribution in [0.1, 0.15) is 17.3 Å². The normalized spacial score (nSPS) is 11.6. The molecule has 0 radical (unpaired) electrons. The van der Waals surface area contributed by atoms with E-state index in [1.54, 1.807) is 31.5 Å². The zero-order valence-electron chi connectivity index (χ0n) is 10.5. The number of sulfone groups is 1. The quantitative estimate of drug-likeness (QED) is 0.845. The average molecular weight is 281 g/mol. The first-order valence-corrected chi connectivity index (χ1v) is 7.76. The van der Waals surface area contributed by atoms with E-state index in [9.17, 15) is 13.2 Å². The molecule has 19 heavy (non-hydrogen) atoms. The molecule has 7 heteroatoms. The van der Waals surface area contributed by atoms with Crippen molar-refractivity contribution < 1.29 is 13.2 Å². The Morgan fingerprint density at radius 2 is 2.21 bits per heavy atom. The van der Waals surface area contributed by atoms with Crippen LogP contribution in [0.2, 0.25) is 0 Å². The molecule has 0 saturated heterocycles. The number of aromatic amines is 1. The average Bonchev–Trinajstić information content (AvgIpc) is 2.85. The molecule has 2 N–H and O–H groups in total. The summed E-state index contributed by atoms with van der Waals surface area (Å²) in [5.74, 6) is -0.243. The number of nitrogens with one attached hydrogen (secondary N) is 2. The van der Waals surface area contributed by atoms with Crippen molar-refractivity contribution in [3.8, 4) is 0 Å². The molecule has 2 aromatic rings. The Labute approximate surface area is 111 Å². The van der Waals surface area contributed by atoms with Gasteiger partial charge in [-0.1, -0.05) is 6.92 Å². The second kappa shape index (κ2) is 5.40. The number of amides is 1. The molecule has 0 fully saturated rings. The summed E-state index contributed by atoms with van der Waals surface area (Å²) in [6, 6.07) is 5.09. The van der Waals surface area contributed by atoms with Crippen molar-refractivity contribution in [1.82, 2.24) is 15.3 Å². The molecule has 0 aliphatic heterocycles. The van der Waals surface area contributed by atoms with Crippen molar-refractivity contribution in [2.24, 2.45) is 0 Å². The summed E-state index contributed by atoms with van der Waals surface area (Å²) in [6.45, 7) is 1.71. The number of nitrogens with zero attached hydrogens (tertiary/aromatic N) is 1. The van der Waals surface area contributed by atoms with Crippen LogP contribution in [0.4, 0.5) is 0 Å². The third-order valence-electron chi connectivity index (χ3n) is 2.82. The van der Waals surface area contributed by atoms with Gasteiger partial charge in [0.25, 0.3) is 5.91 Å². The van der Waals surface area contributed by atoms with Crippen LogP contribution < -0.4 is 5.32 Å². The Hall–Kier alpha value is -1.89. The van der Waals surface area contributed by atoms with Gasteiger partial charge in [0, 0.05) is 17.9 Å². The van der Waals surface area contributed by atoms with Crippen LogP contribution in [0.5, 0.6) is 0 Å². The van der Waals surface area contributed by atoms with Gasteiger partial charge in [0.05, 0.1) is 23.1 Å². The molecule has 102 valence electrons. The molecule has 1 amide bonds. The molecule has 0 aliphatic rings. The fourth-order valence-corrected chi connectivity index (χ4v) is 2.35. The highest BCUT2D eigenvalue weighted by Crippen LogP contribution is 2.11. The van der Waals surface area contributed by atoms with Gasteiger partial charge in [-0.3, -0.25) is 4.79 Å². The minimum atomic E-state index is -3.05. The van der Waals surface area contributed by atoms with Gasteiger partial charge in [0.15, 0.2) is 9.84 Å². The maximum absolute atomic E-state index is 11.8. The number of fused-ring (bicyclic) bond motifs is 1. The summed E-state index contributed by atoms with van der Waals surface area (Å²) in [7, 11) is -3.05. The maximum atomic E-state index is 11.8. The lowest BCUT2D eigenvalue weighted by molar-refractivity contribution is 0.0956. The van der Waals surface area contributed by atoms with Crippen molar-refractivity contribution in [3.63, 3.8) is 0 Å². The minimum Gasteiger partial charge on any atom is -0.351 e. The van der Waals surface area contributed by atoms with E-state index in [2.05, 4.69) is 15.3 Å². The van der Waals surface area contributed by atoms with Crippen LogP contribution in [0.15, 0.2) is 24.5 Å². The SMILES string of the molecule is CCS(=O)(=O)CCNC(=O)c1ccc2nc[nH]c2c1. The Kier molecular flexibility index (Phi) is 3.84. The third-order valence-corrected chi connectivity index (χ3v) is 4.53. The molecule has 1 aromatic heterocycles. The molecule has 1 heterocycles. The third kappa shape index (κ3) is 3.31. The zero-order chi connectivity index (χ0) is 13.9. The Bertz CT molecular complexity index is 691. The monoisotopic (exact) mass is 281 g/mol. The predicted molar refractivity (Wildman–Crippen MR) is 72.8 cm³/mol. The van der Waals surface area contributed by atoms with E-state index in [0.717, 1.165) is 11.0 Å². The van der Waals surface area contributed by atoms with E-state index >= 15 is 0 Å². The summed E-state index contributed by atoms with van der Waals surface area (Å²) in [4.78, 5) is 18.8. The molecule has 0 bridgehead atoms. The molecule has 0 spiro atoms. The summed E-state index contributed by atoms with van der Waals surface area (Å²) in [5, 5.41) is 2.59. The molecule has 1 aromatic carbocycles. The fraction of sp³-hybridized carbons (Fsp3) is 0.333. The number of carbonyl (C=O) groups excluding carboxylic acids is 1. The second-order valence-electron chi connectivity index (χ2n) is 4.13. The van der Waals surface area contributed by atoms with Crippen LogP contribution in [-0.2, 0) is 9.84 Å². The highest BCUT2D eigenvalue weighted by atomic mass is 32.2. The first kappa shape index (κ1) is 13.5. The van der Waals surface area contributed by atoms with Gasteiger partial charge in [-0.05, 0) is 18.2 Å². The number of hydrogen-bond donors (Lipinski definition) is 2. The van der Waals surface area contributed by atoms with Crippen molar-refractivity contribution in [2.45, 2.75) is 6.92 Å².